The van der Waals surface area contributed by atoms with E-state index < -0.39 is 0 Å². The highest BCUT2D eigenvalue weighted by Gasteiger charge is 2.56. The molecule has 2 heterocycles. The summed E-state index contributed by atoms with van der Waals surface area (Å²) in [6.45, 7) is 2.84. The SMILES string of the molecule is CN(Cc1nccs1)[C@@H]1CC12CCN(C(=O)C1=CCCC1)CC2. The minimum absolute atomic E-state index is 0.311. The van der Waals surface area contributed by atoms with Crippen molar-refractivity contribution in [2.24, 2.45) is 5.41 Å². The molecular weight excluding hydrogens is 306 g/mol. The van der Waals surface area contributed by atoms with Crippen LogP contribution in [-0.2, 0) is 11.3 Å². The summed E-state index contributed by atoms with van der Waals surface area (Å²) in [6.07, 6.45) is 10.9. The van der Waals surface area contributed by atoms with Crippen LogP contribution in [0.15, 0.2) is 23.2 Å². The van der Waals surface area contributed by atoms with Crippen molar-refractivity contribution in [2.75, 3.05) is 20.1 Å². The number of carbonyl (C=O) groups excluding carboxylic acids is 1. The summed E-state index contributed by atoms with van der Waals surface area (Å²) in [5, 5.41) is 3.25. The molecular formula is C18H25N3OS. The highest BCUT2D eigenvalue weighted by Crippen LogP contribution is 2.56. The van der Waals surface area contributed by atoms with Crippen molar-refractivity contribution in [3.8, 4) is 0 Å². The molecule has 4 rings (SSSR count). The quantitative estimate of drug-likeness (QED) is 0.851. The number of hydrogen-bond donors (Lipinski definition) is 0. The fourth-order valence-electron chi connectivity index (χ4n) is 4.36. The molecule has 1 saturated carbocycles. The van der Waals surface area contributed by atoms with Crippen molar-refractivity contribution in [3.05, 3.63) is 28.2 Å². The normalized spacial score (nSPS) is 25.9. The van der Waals surface area contributed by atoms with Gasteiger partial charge >= 0.3 is 0 Å². The average molecular weight is 331 g/mol. The van der Waals surface area contributed by atoms with E-state index in [0.717, 1.165) is 44.5 Å². The number of likely N-dealkylation sites (tertiary alicyclic amines) is 1. The van der Waals surface area contributed by atoms with E-state index >= 15 is 0 Å². The molecule has 0 aromatic carbocycles. The van der Waals surface area contributed by atoms with Gasteiger partial charge in [0.15, 0.2) is 0 Å². The smallest absolute Gasteiger partial charge is 0.249 e. The number of piperidine rings is 1. The molecule has 1 atom stereocenters. The Kier molecular flexibility index (Phi) is 4.01. The lowest BCUT2D eigenvalue weighted by atomic mass is 9.92. The molecule has 1 aromatic heterocycles. The third-order valence-corrected chi connectivity index (χ3v) is 6.67. The van der Waals surface area contributed by atoms with Gasteiger partial charge in [0.1, 0.15) is 5.01 Å². The van der Waals surface area contributed by atoms with Gasteiger partial charge in [-0.1, -0.05) is 6.08 Å². The van der Waals surface area contributed by atoms with Crippen LogP contribution in [0.3, 0.4) is 0 Å². The fourth-order valence-corrected chi connectivity index (χ4v) is 5.04. The maximum absolute atomic E-state index is 12.5. The lowest BCUT2D eigenvalue weighted by Crippen LogP contribution is -2.41. The number of amides is 1. The summed E-state index contributed by atoms with van der Waals surface area (Å²) in [7, 11) is 2.22. The van der Waals surface area contributed by atoms with Crippen molar-refractivity contribution in [1.82, 2.24) is 14.8 Å². The zero-order valence-corrected chi connectivity index (χ0v) is 14.6. The Morgan fingerprint density at radius 2 is 2.30 bits per heavy atom. The molecule has 0 unspecified atom stereocenters. The minimum atomic E-state index is 0.311. The van der Waals surface area contributed by atoms with Gasteiger partial charge in [0.05, 0.1) is 6.54 Å². The molecule has 23 heavy (non-hydrogen) atoms. The lowest BCUT2D eigenvalue weighted by molar-refractivity contribution is -0.128. The van der Waals surface area contributed by atoms with Gasteiger partial charge < -0.3 is 4.90 Å². The molecule has 0 radical (unpaired) electrons. The van der Waals surface area contributed by atoms with Gasteiger partial charge in [-0.2, -0.15) is 0 Å². The second kappa shape index (κ2) is 6.02. The molecule has 2 aliphatic carbocycles. The van der Waals surface area contributed by atoms with Crippen LogP contribution in [0.4, 0.5) is 0 Å². The van der Waals surface area contributed by atoms with Crippen molar-refractivity contribution in [2.45, 2.75) is 51.1 Å². The van der Waals surface area contributed by atoms with Crippen LogP contribution in [0.25, 0.3) is 0 Å². The third kappa shape index (κ3) is 2.96. The Bertz CT molecular complexity index is 602. The number of carbonyl (C=O) groups is 1. The number of aromatic nitrogens is 1. The molecule has 1 saturated heterocycles. The van der Waals surface area contributed by atoms with Gasteiger partial charge in [0, 0.05) is 36.3 Å². The Balaban J connectivity index is 1.31. The summed E-state index contributed by atoms with van der Waals surface area (Å²) in [5.74, 6) is 0.311. The van der Waals surface area contributed by atoms with E-state index in [0.29, 0.717) is 17.4 Å². The Morgan fingerprint density at radius 1 is 1.48 bits per heavy atom. The van der Waals surface area contributed by atoms with Gasteiger partial charge in [-0.25, -0.2) is 4.98 Å². The predicted molar refractivity (Wildman–Crippen MR) is 92.2 cm³/mol. The second-order valence-electron chi connectivity index (χ2n) is 7.34. The first-order chi connectivity index (χ1) is 11.2. The molecule has 1 spiro atoms. The molecule has 1 amide bonds. The van der Waals surface area contributed by atoms with Crippen LogP contribution in [-0.4, -0.2) is 46.9 Å². The monoisotopic (exact) mass is 331 g/mol. The van der Waals surface area contributed by atoms with Crippen LogP contribution >= 0.6 is 11.3 Å². The van der Waals surface area contributed by atoms with Crippen molar-refractivity contribution in [3.63, 3.8) is 0 Å². The van der Waals surface area contributed by atoms with Crippen LogP contribution < -0.4 is 0 Å². The van der Waals surface area contributed by atoms with Crippen LogP contribution in [0.1, 0.15) is 43.5 Å². The van der Waals surface area contributed by atoms with Crippen molar-refractivity contribution < 1.29 is 4.79 Å². The third-order valence-electron chi connectivity index (χ3n) is 5.91. The maximum Gasteiger partial charge on any atom is 0.249 e. The van der Waals surface area contributed by atoms with Crippen LogP contribution in [0, 0.1) is 5.41 Å². The van der Waals surface area contributed by atoms with E-state index in [9.17, 15) is 4.79 Å². The topological polar surface area (TPSA) is 36.4 Å². The molecule has 4 nitrogen and oxygen atoms in total. The Morgan fingerprint density at radius 3 is 2.96 bits per heavy atom. The van der Waals surface area contributed by atoms with E-state index in [1.807, 2.05) is 11.6 Å². The first kappa shape index (κ1) is 15.3. The predicted octanol–water partition coefficient (Wildman–Crippen LogP) is 3.07. The Hall–Kier alpha value is -1.20. The number of rotatable bonds is 4. The van der Waals surface area contributed by atoms with Crippen LogP contribution in [0.5, 0.6) is 0 Å². The van der Waals surface area contributed by atoms with E-state index in [4.69, 9.17) is 0 Å². The molecule has 1 aliphatic heterocycles. The summed E-state index contributed by atoms with van der Waals surface area (Å²) < 4.78 is 0. The highest BCUT2D eigenvalue weighted by molar-refractivity contribution is 7.09. The number of nitrogens with zero attached hydrogens (tertiary/aromatic N) is 3. The molecule has 2 fully saturated rings. The van der Waals surface area contributed by atoms with Gasteiger partial charge in [-0.05, 0) is 51.0 Å². The average Bonchev–Trinajstić information content (AvgIpc) is 2.99. The molecule has 5 heteroatoms. The zero-order valence-electron chi connectivity index (χ0n) is 13.8. The summed E-state index contributed by atoms with van der Waals surface area (Å²) >= 11 is 1.74. The summed E-state index contributed by atoms with van der Waals surface area (Å²) in [6, 6.07) is 0.675. The van der Waals surface area contributed by atoms with Crippen LogP contribution in [0.2, 0.25) is 0 Å². The number of thiazole rings is 1. The molecule has 3 aliphatic rings. The van der Waals surface area contributed by atoms with E-state index in [1.165, 1.54) is 24.3 Å². The molecule has 124 valence electrons. The molecule has 0 bridgehead atoms. The number of allylic oxidation sites excluding steroid dienone is 1. The van der Waals surface area contributed by atoms with Gasteiger partial charge in [-0.3, -0.25) is 9.69 Å². The van der Waals surface area contributed by atoms with Gasteiger partial charge in [0.2, 0.25) is 5.91 Å². The number of hydrogen-bond acceptors (Lipinski definition) is 4. The largest absolute Gasteiger partial charge is 0.339 e. The second-order valence-corrected chi connectivity index (χ2v) is 8.32. The van der Waals surface area contributed by atoms with E-state index in [-0.39, 0.29) is 0 Å². The minimum Gasteiger partial charge on any atom is -0.339 e. The van der Waals surface area contributed by atoms with E-state index in [2.05, 4.69) is 27.9 Å². The molecule has 0 N–H and O–H groups in total. The van der Waals surface area contributed by atoms with Gasteiger partial charge in [0.25, 0.3) is 0 Å². The Labute approximate surface area is 142 Å². The summed E-state index contributed by atoms with van der Waals surface area (Å²) in [4.78, 5) is 21.5. The first-order valence-corrected chi connectivity index (χ1v) is 9.63. The summed E-state index contributed by atoms with van der Waals surface area (Å²) in [5.41, 5.74) is 1.53. The van der Waals surface area contributed by atoms with Crippen molar-refractivity contribution in [1.29, 1.82) is 0 Å². The zero-order chi connectivity index (χ0) is 15.9. The maximum atomic E-state index is 12.5. The van der Waals surface area contributed by atoms with E-state index in [1.54, 1.807) is 11.3 Å². The standard InChI is InChI=1S/C18H25N3OS/c1-20(13-16-19-8-11-23-16)15-12-18(15)6-9-21(10-7-18)17(22)14-4-2-3-5-14/h4,8,11,15H,2-3,5-7,9-10,12-13H2,1H3/t15-/m1/s1. The molecule has 1 aromatic rings. The fraction of sp³-hybridized carbons (Fsp3) is 0.667. The highest BCUT2D eigenvalue weighted by atomic mass is 32.1. The van der Waals surface area contributed by atoms with Crippen molar-refractivity contribution >= 4 is 17.2 Å². The lowest BCUT2D eigenvalue weighted by Gasteiger charge is -2.34. The van der Waals surface area contributed by atoms with Gasteiger partial charge in [-0.15, -0.1) is 11.3 Å². The first-order valence-electron chi connectivity index (χ1n) is 8.75.